The number of ketones is 1. The lowest BCUT2D eigenvalue weighted by Crippen LogP contribution is -2.43. The number of urea groups is 1. The molecule has 2 amide bonds. The Bertz CT molecular complexity index is 1470. The van der Waals surface area contributed by atoms with Crippen LogP contribution in [-0.2, 0) is 6.61 Å². The highest BCUT2D eigenvalue weighted by Gasteiger charge is 2.50. The third kappa shape index (κ3) is 4.43. The molecule has 2 bridgehead atoms. The molecule has 4 aromatic rings. The number of para-hydroxylation sites is 1. The molecule has 0 spiro atoms. The standard InChI is InChI=1S/C29H27FN4O3/c1-17(35)19-7-12-22(13-8-19)31-29(36)34-23-14-9-20(15-23)27(34)28-32-24-3-2-4-25(26(24)33-28)37-16-18-5-10-21(30)11-6-18/h2-8,10-13,20,23,27H,9,14-16H2,1H3,(H,31,36)(H,32,33)/t20-,23+,27-/m0/s1. The van der Waals surface area contributed by atoms with Gasteiger partial charge in [-0.15, -0.1) is 0 Å². The summed E-state index contributed by atoms with van der Waals surface area (Å²) < 4.78 is 19.3. The third-order valence-corrected chi connectivity index (χ3v) is 7.44. The Balaban J connectivity index is 1.24. The van der Waals surface area contributed by atoms with Gasteiger partial charge in [-0.05, 0) is 86.2 Å². The Morgan fingerprint density at radius 2 is 1.86 bits per heavy atom. The first-order chi connectivity index (χ1) is 18.0. The predicted molar refractivity (Wildman–Crippen MR) is 138 cm³/mol. The molecule has 2 N–H and O–H groups in total. The molecule has 2 aliphatic rings. The zero-order chi connectivity index (χ0) is 25.5. The lowest BCUT2D eigenvalue weighted by Gasteiger charge is -2.34. The number of H-pyrrole nitrogens is 1. The first kappa shape index (κ1) is 23.2. The average Bonchev–Trinajstić information content (AvgIpc) is 3.63. The van der Waals surface area contributed by atoms with Gasteiger partial charge in [-0.3, -0.25) is 4.79 Å². The number of hydrogen-bond acceptors (Lipinski definition) is 4. The van der Waals surface area contributed by atoms with E-state index in [0.29, 0.717) is 35.0 Å². The van der Waals surface area contributed by atoms with Gasteiger partial charge in [-0.1, -0.05) is 18.2 Å². The van der Waals surface area contributed by atoms with Crippen molar-refractivity contribution in [3.63, 3.8) is 0 Å². The molecule has 2 heterocycles. The molecule has 3 aromatic carbocycles. The van der Waals surface area contributed by atoms with Crippen molar-refractivity contribution in [3.8, 4) is 5.75 Å². The second kappa shape index (κ2) is 9.35. The maximum absolute atomic E-state index is 13.4. The summed E-state index contributed by atoms with van der Waals surface area (Å²) in [6, 6.07) is 18.7. The summed E-state index contributed by atoms with van der Waals surface area (Å²) in [5.41, 5.74) is 3.67. The van der Waals surface area contributed by atoms with E-state index in [2.05, 4.69) is 10.3 Å². The van der Waals surface area contributed by atoms with Gasteiger partial charge in [-0.2, -0.15) is 0 Å². The lowest BCUT2D eigenvalue weighted by molar-refractivity contribution is 0.101. The lowest BCUT2D eigenvalue weighted by atomic mass is 9.98. The van der Waals surface area contributed by atoms with Crippen LogP contribution in [0.3, 0.4) is 0 Å². The van der Waals surface area contributed by atoms with E-state index in [9.17, 15) is 14.0 Å². The van der Waals surface area contributed by atoms with Crippen LogP contribution in [0.5, 0.6) is 5.75 Å². The molecule has 1 saturated heterocycles. The first-order valence-electron chi connectivity index (χ1n) is 12.5. The van der Waals surface area contributed by atoms with Crippen LogP contribution < -0.4 is 10.1 Å². The SMILES string of the molecule is CC(=O)c1ccc(NC(=O)N2[C@@H]3CC[C@@H](C3)[C@H]2c2nc3c(OCc4ccc(F)cc4)cccc3[nH]2)cc1. The summed E-state index contributed by atoms with van der Waals surface area (Å²) in [6.07, 6.45) is 2.98. The summed E-state index contributed by atoms with van der Waals surface area (Å²) in [4.78, 5) is 35.3. The molecule has 6 rings (SSSR count). The van der Waals surface area contributed by atoms with E-state index in [1.165, 1.54) is 19.1 Å². The Morgan fingerprint density at radius 1 is 1.08 bits per heavy atom. The van der Waals surface area contributed by atoms with Gasteiger partial charge in [0.05, 0.1) is 11.6 Å². The molecule has 1 saturated carbocycles. The molecule has 3 atom stereocenters. The minimum absolute atomic E-state index is 0.0132. The highest BCUT2D eigenvalue weighted by Crippen LogP contribution is 2.50. The maximum Gasteiger partial charge on any atom is 0.322 e. The van der Waals surface area contributed by atoms with Crippen LogP contribution in [0.1, 0.15) is 54.0 Å². The number of fused-ring (bicyclic) bond motifs is 3. The van der Waals surface area contributed by atoms with Crippen LogP contribution in [-0.4, -0.2) is 32.7 Å². The quantitative estimate of drug-likeness (QED) is 0.308. The number of halogens is 1. The fraction of sp³-hybridized carbons (Fsp3) is 0.276. The number of hydrogen-bond donors (Lipinski definition) is 2. The Labute approximate surface area is 213 Å². The number of aromatic nitrogens is 2. The normalized spacial score (nSPS) is 20.4. The van der Waals surface area contributed by atoms with Gasteiger partial charge in [-0.25, -0.2) is 14.2 Å². The number of carbonyl (C=O) groups excluding carboxylic acids is 2. The van der Waals surface area contributed by atoms with Crippen molar-refractivity contribution in [3.05, 3.63) is 89.5 Å². The number of ether oxygens (including phenoxy) is 1. The minimum atomic E-state index is -0.282. The van der Waals surface area contributed by atoms with Gasteiger partial charge in [0.15, 0.2) is 5.78 Å². The van der Waals surface area contributed by atoms with Crippen molar-refractivity contribution < 1.29 is 18.7 Å². The van der Waals surface area contributed by atoms with Crippen molar-refractivity contribution in [2.45, 2.75) is 44.9 Å². The van der Waals surface area contributed by atoms with E-state index in [1.807, 2.05) is 23.1 Å². The number of nitrogens with zero attached hydrogens (tertiary/aromatic N) is 2. The van der Waals surface area contributed by atoms with Gasteiger partial charge in [0, 0.05) is 17.3 Å². The Morgan fingerprint density at radius 3 is 2.62 bits per heavy atom. The van der Waals surface area contributed by atoms with E-state index in [4.69, 9.17) is 9.72 Å². The fourth-order valence-electron chi connectivity index (χ4n) is 5.63. The van der Waals surface area contributed by atoms with Gasteiger partial charge in [0.25, 0.3) is 0 Å². The topological polar surface area (TPSA) is 87.3 Å². The van der Waals surface area contributed by atoms with Gasteiger partial charge >= 0.3 is 6.03 Å². The molecule has 1 aromatic heterocycles. The number of anilines is 1. The molecule has 0 radical (unpaired) electrons. The third-order valence-electron chi connectivity index (χ3n) is 7.44. The summed E-state index contributed by atoms with van der Waals surface area (Å²) >= 11 is 0. The van der Waals surface area contributed by atoms with Crippen LogP contribution in [0.15, 0.2) is 66.7 Å². The molecule has 1 aliphatic heterocycles. The van der Waals surface area contributed by atoms with Crippen LogP contribution >= 0.6 is 0 Å². The van der Waals surface area contributed by atoms with Crippen LogP contribution in [0.2, 0.25) is 0 Å². The fourth-order valence-corrected chi connectivity index (χ4v) is 5.63. The molecular weight excluding hydrogens is 471 g/mol. The van der Waals surface area contributed by atoms with E-state index >= 15 is 0 Å². The second-order valence-corrected chi connectivity index (χ2v) is 9.83. The van der Waals surface area contributed by atoms with E-state index in [-0.39, 0.29) is 29.7 Å². The summed E-state index contributed by atoms with van der Waals surface area (Å²) in [5.74, 6) is 1.42. The zero-order valence-electron chi connectivity index (χ0n) is 20.4. The number of benzene rings is 3. The molecule has 7 nitrogen and oxygen atoms in total. The predicted octanol–water partition coefficient (Wildman–Crippen LogP) is 6.24. The summed E-state index contributed by atoms with van der Waals surface area (Å²) in [7, 11) is 0. The van der Waals surface area contributed by atoms with Crippen LogP contribution in [0.4, 0.5) is 14.9 Å². The summed E-state index contributed by atoms with van der Waals surface area (Å²) in [6.45, 7) is 1.82. The molecular formula is C29H27FN4O3. The van der Waals surface area contributed by atoms with E-state index in [1.54, 1.807) is 36.4 Å². The number of aromatic amines is 1. The Hall–Kier alpha value is -4.20. The van der Waals surface area contributed by atoms with Crippen molar-refractivity contribution >= 4 is 28.5 Å². The molecule has 1 aliphatic carbocycles. The number of imidazole rings is 1. The smallest absolute Gasteiger partial charge is 0.322 e. The number of carbonyl (C=O) groups is 2. The number of nitrogens with one attached hydrogen (secondary N) is 2. The van der Waals surface area contributed by atoms with E-state index in [0.717, 1.165) is 36.2 Å². The Kier molecular flexibility index (Phi) is 5.87. The van der Waals surface area contributed by atoms with Crippen molar-refractivity contribution in [2.75, 3.05) is 5.32 Å². The number of piperidine rings is 1. The van der Waals surface area contributed by atoms with E-state index < -0.39 is 0 Å². The minimum Gasteiger partial charge on any atom is -0.487 e. The average molecular weight is 499 g/mol. The number of amides is 2. The first-order valence-corrected chi connectivity index (χ1v) is 12.5. The van der Waals surface area contributed by atoms with Crippen LogP contribution in [0, 0.1) is 11.7 Å². The molecule has 0 unspecified atom stereocenters. The molecule has 8 heteroatoms. The van der Waals surface area contributed by atoms with Crippen molar-refractivity contribution in [2.24, 2.45) is 5.92 Å². The van der Waals surface area contributed by atoms with Crippen LogP contribution in [0.25, 0.3) is 11.0 Å². The van der Waals surface area contributed by atoms with Gasteiger partial charge in [0.1, 0.15) is 29.5 Å². The van der Waals surface area contributed by atoms with Crippen molar-refractivity contribution in [1.29, 1.82) is 0 Å². The number of rotatable bonds is 6. The molecule has 2 fully saturated rings. The highest BCUT2D eigenvalue weighted by molar-refractivity contribution is 5.95. The maximum atomic E-state index is 13.4. The number of likely N-dealkylation sites (tertiary alicyclic amines) is 1. The summed E-state index contributed by atoms with van der Waals surface area (Å²) in [5, 5.41) is 3.00. The zero-order valence-corrected chi connectivity index (χ0v) is 20.4. The van der Waals surface area contributed by atoms with Gasteiger partial charge < -0.3 is 19.9 Å². The second-order valence-electron chi connectivity index (χ2n) is 9.83. The highest BCUT2D eigenvalue weighted by atomic mass is 19.1. The largest absolute Gasteiger partial charge is 0.487 e. The van der Waals surface area contributed by atoms with Gasteiger partial charge in [0.2, 0.25) is 0 Å². The molecule has 188 valence electrons. The number of Topliss-reactive ketones (excluding diaryl/α,β-unsaturated/α-hetero) is 1. The van der Waals surface area contributed by atoms with Crippen molar-refractivity contribution in [1.82, 2.24) is 14.9 Å². The monoisotopic (exact) mass is 498 g/mol. The molecule has 37 heavy (non-hydrogen) atoms.